The zero-order valence-electron chi connectivity index (χ0n) is 14.1. The van der Waals surface area contributed by atoms with E-state index in [-0.39, 0.29) is 11.7 Å². The number of nitrogens with one attached hydrogen (secondary N) is 2. The smallest absolute Gasteiger partial charge is 0.271 e. The highest BCUT2D eigenvalue weighted by molar-refractivity contribution is 5.92. The largest absolute Gasteiger partial charge is 0.368 e. The molecule has 0 fully saturated rings. The molecule has 6 heteroatoms. The molecule has 0 saturated heterocycles. The highest BCUT2D eigenvalue weighted by Crippen LogP contribution is 2.06. The molecular formula is C18H23FN4O. The number of carbonyl (C=O) groups is 1. The molecule has 0 atom stereocenters. The van der Waals surface area contributed by atoms with Crippen molar-refractivity contribution in [3.8, 4) is 0 Å². The number of anilines is 1. The quantitative estimate of drug-likeness (QED) is 0.781. The molecule has 2 aromatic rings. The first-order valence-electron chi connectivity index (χ1n) is 8.15. The Kier molecular flexibility index (Phi) is 6.66. The van der Waals surface area contributed by atoms with Gasteiger partial charge in [0.15, 0.2) is 5.69 Å². The maximum atomic E-state index is 12.8. The molecule has 2 rings (SSSR count). The van der Waals surface area contributed by atoms with E-state index in [9.17, 15) is 9.18 Å². The molecule has 0 aliphatic heterocycles. The summed E-state index contributed by atoms with van der Waals surface area (Å²) in [6.07, 6.45) is 1.68. The zero-order valence-corrected chi connectivity index (χ0v) is 14.1. The number of amides is 1. The van der Waals surface area contributed by atoms with Crippen LogP contribution in [0.15, 0.2) is 36.4 Å². The van der Waals surface area contributed by atoms with Gasteiger partial charge in [-0.05, 0) is 48.6 Å². The molecular weight excluding hydrogens is 307 g/mol. The van der Waals surface area contributed by atoms with Crippen molar-refractivity contribution in [2.24, 2.45) is 5.92 Å². The van der Waals surface area contributed by atoms with Crippen LogP contribution in [0.25, 0.3) is 0 Å². The van der Waals surface area contributed by atoms with Gasteiger partial charge in [-0.2, -0.15) is 0 Å². The average molecular weight is 330 g/mol. The summed E-state index contributed by atoms with van der Waals surface area (Å²) in [6.45, 7) is 5.51. The van der Waals surface area contributed by atoms with Crippen LogP contribution in [0, 0.1) is 11.7 Å². The average Bonchev–Trinajstić information content (AvgIpc) is 2.57. The van der Waals surface area contributed by atoms with Gasteiger partial charge in [-0.25, -0.2) is 4.39 Å². The molecule has 0 radical (unpaired) electrons. The third-order valence-electron chi connectivity index (χ3n) is 3.54. The van der Waals surface area contributed by atoms with Crippen molar-refractivity contribution in [1.82, 2.24) is 15.5 Å². The summed E-state index contributed by atoms with van der Waals surface area (Å²) in [7, 11) is 0. The summed E-state index contributed by atoms with van der Waals surface area (Å²) >= 11 is 0. The molecule has 0 spiro atoms. The Balaban J connectivity index is 1.77. The SMILES string of the molecule is CC(C)CCNC(=O)c1ccc(NCCc2ccc(F)cc2)nn1. The standard InChI is InChI=1S/C18H23FN4O/c1-13(2)9-11-21-18(24)16-7-8-17(23-22-16)20-12-10-14-3-5-15(19)6-4-14/h3-8,13H,9-12H2,1-2H3,(H,20,23)(H,21,24). The van der Waals surface area contributed by atoms with Crippen molar-refractivity contribution >= 4 is 11.7 Å². The van der Waals surface area contributed by atoms with Crippen molar-refractivity contribution in [1.29, 1.82) is 0 Å². The van der Waals surface area contributed by atoms with Gasteiger partial charge in [0, 0.05) is 13.1 Å². The van der Waals surface area contributed by atoms with Gasteiger partial charge in [0.2, 0.25) is 0 Å². The highest BCUT2D eigenvalue weighted by Gasteiger charge is 2.07. The van der Waals surface area contributed by atoms with Crippen LogP contribution in [0.2, 0.25) is 0 Å². The van der Waals surface area contributed by atoms with E-state index in [1.165, 1.54) is 12.1 Å². The first kappa shape index (κ1) is 17.8. The van der Waals surface area contributed by atoms with Crippen LogP contribution in [0.3, 0.4) is 0 Å². The van der Waals surface area contributed by atoms with Crippen LogP contribution in [-0.2, 0) is 6.42 Å². The lowest BCUT2D eigenvalue weighted by atomic mass is 10.1. The summed E-state index contributed by atoms with van der Waals surface area (Å²) in [4.78, 5) is 11.9. The molecule has 5 nitrogen and oxygen atoms in total. The van der Waals surface area contributed by atoms with E-state index in [0.29, 0.717) is 30.5 Å². The normalized spacial score (nSPS) is 10.7. The summed E-state index contributed by atoms with van der Waals surface area (Å²) in [5.74, 6) is 0.709. The number of carbonyl (C=O) groups excluding carboxylic acids is 1. The Bertz CT molecular complexity index is 641. The molecule has 1 aromatic carbocycles. The van der Waals surface area contributed by atoms with Gasteiger partial charge in [0.05, 0.1) is 0 Å². The Morgan fingerprint density at radius 2 is 1.83 bits per heavy atom. The fraction of sp³-hybridized carbons (Fsp3) is 0.389. The molecule has 24 heavy (non-hydrogen) atoms. The lowest BCUT2D eigenvalue weighted by Gasteiger charge is -2.07. The van der Waals surface area contributed by atoms with E-state index in [1.54, 1.807) is 24.3 Å². The number of aromatic nitrogens is 2. The summed E-state index contributed by atoms with van der Waals surface area (Å²) in [6, 6.07) is 9.79. The molecule has 2 N–H and O–H groups in total. The van der Waals surface area contributed by atoms with E-state index in [4.69, 9.17) is 0 Å². The summed E-state index contributed by atoms with van der Waals surface area (Å²) < 4.78 is 12.8. The van der Waals surface area contributed by atoms with Crippen LogP contribution >= 0.6 is 0 Å². The van der Waals surface area contributed by atoms with E-state index < -0.39 is 0 Å². The molecule has 0 unspecified atom stereocenters. The lowest BCUT2D eigenvalue weighted by Crippen LogP contribution is -2.26. The number of benzene rings is 1. The number of hydrogen-bond donors (Lipinski definition) is 2. The van der Waals surface area contributed by atoms with Crippen molar-refractivity contribution < 1.29 is 9.18 Å². The molecule has 0 saturated carbocycles. The van der Waals surface area contributed by atoms with Crippen molar-refractivity contribution in [3.63, 3.8) is 0 Å². The zero-order chi connectivity index (χ0) is 17.4. The van der Waals surface area contributed by atoms with E-state index in [1.807, 2.05) is 0 Å². The van der Waals surface area contributed by atoms with E-state index in [2.05, 4.69) is 34.7 Å². The van der Waals surface area contributed by atoms with Crippen molar-refractivity contribution in [2.75, 3.05) is 18.4 Å². The van der Waals surface area contributed by atoms with Gasteiger partial charge in [-0.15, -0.1) is 10.2 Å². The minimum Gasteiger partial charge on any atom is -0.368 e. The van der Waals surface area contributed by atoms with Gasteiger partial charge in [-0.3, -0.25) is 4.79 Å². The topological polar surface area (TPSA) is 66.9 Å². The van der Waals surface area contributed by atoms with E-state index >= 15 is 0 Å². The molecule has 0 bridgehead atoms. The third-order valence-corrected chi connectivity index (χ3v) is 3.54. The molecule has 1 aromatic heterocycles. The van der Waals surface area contributed by atoms with Crippen molar-refractivity contribution in [2.45, 2.75) is 26.7 Å². The molecule has 128 valence electrons. The first-order valence-corrected chi connectivity index (χ1v) is 8.15. The molecule has 0 aliphatic rings. The number of rotatable bonds is 8. The molecule has 1 heterocycles. The Hall–Kier alpha value is -2.50. The Morgan fingerprint density at radius 3 is 2.46 bits per heavy atom. The van der Waals surface area contributed by atoms with Gasteiger partial charge in [0.25, 0.3) is 5.91 Å². The highest BCUT2D eigenvalue weighted by atomic mass is 19.1. The van der Waals surface area contributed by atoms with Gasteiger partial charge in [-0.1, -0.05) is 26.0 Å². The molecule has 0 aliphatic carbocycles. The van der Waals surface area contributed by atoms with Crippen LogP contribution in [-0.4, -0.2) is 29.2 Å². The minimum absolute atomic E-state index is 0.207. The third kappa shape index (κ3) is 5.95. The van der Waals surface area contributed by atoms with Crippen molar-refractivity contribution in [3.05, 3.63) is 53.5 Å². The number of halogens is 1. The van der Waals surface area contributed by atoms with Crippen LogP contribution in [0.4, 0.5) is 10.2 Å². The van der Waals surface area contributed by atoms with Crippen LogP contribution in [0.1, 0.15) is 36.3 Å². The van der Waals surface area contributed by atoms with Gasteiger partial charge < -0.3 is 10.6 Å². The fourth-order valence-corrected chi connectivity index (χ4v) is 2.10. The lowest BCUT2D eigenvalue weighted by molar-refractivity contribution is 0.0946. The van der Waals surface area contributed by atoms with Gasteiger partial charge in [0.1, 0.15) is 11.6 Å². The monoisotopic (exact) mass is 330 g/mol. The predicted octanol–water partition coefficient (Wildman–Crippen LogP) is 3.05. The van der Waals surface area contributed by atoms with E-state index in [0.717, 1.165) is 18.4 Å². The number of nitrogens with zero attached hydrogens (tertiary/aromatic N) is 2. The second-order valence-corrected chi connectivity index (χ2v) is 6.05. The summed E-state index contributed by atoms with van der Waals surface area (Å²) in [5.41, 5.74) is 1.35. The molecule has 1 amide bonds. The maximum Gasteiger partial charge on any atom is 0.271 e. The number of hydrogen-bond acceptors (Lipinski definition) is 4. The maximum absolute atomic E-state index is 12.8. The van der Waals surface area contributed by atoms with Crippen LogP contribution < -0.4 is 10.6 Å². The fourth-order valence-electron chi connectivity index (χ4n) is 2.10. The predicted molar refractivity (Wildman–Crippen MR) is 92.4 cm³/mol. The van der Waals surface area contributed by atoms with Gasteiger partial charge >= 0.3 is 0 Å². The second kappa shape index (κ2) is 8.96. The first-order chi connectivity index (χ1) is 11.5. The Labute approximate surface area is 141 Å². The minimum atomic E-state index is -0.236. The Morgan fingerprint density at radius 1 is 1.08 bits per heavy atom. The second-order valence-electron chi connectivity index (χ2n) is 6.05. The summed E-state index contributed by atoms with van der Waals surface area (Å²) in [5, 5.41) is 13.9. The van der Waals surface area contributed by atoms with Crippen LogP contribution in [0.5, 0.6) is 0 Å².